The molecule has 0 heterocycles. The smallest absolute Gasteiger partial charge is 0.358 e. The van der Waals surface area contributed by atoms with Crippen molar-refractivity contribution in [2.75, 3.05) is 0 Å². The van der Waals surface area contributed by atoms with Gasteiger partial charge in [0.1, 0.15) is 0 Å². The van der Waals surface area contributed by atoms with Crippen LogP contribution >= 0.6 is 23.2 Å². The lowest BCUT2D eigenvalue weighted by atomic mass is 11.7. The van der Waals surface area contributed by atoms with Crippen LogP contribution in [0.1, 0.15) is 0 Å². The summed E-state index contributed by atoms with van der Waals surface area (Å²) in [5, 5.41) is 0. The molecule has 0 saturated heterocycles. The third-order valence-corrected chi connectivity index (χ3v) is 0.227. The van der Waals surface area contributed by atoms with Gasteiger partial charge in [-0.1, -0.05) is 0 Å². The van der Waals surface area contributed by atoms with Crippen molar-refractivity contribution in [1.29, 1.82) is 0 Å². The average Bonchev–Trinajstić information content (AvgIpc) is 1.38. The third-order valence-electron chi connectivity index (χ3n) is 0.0756. The lowest BCUT2D eigenvalue weighted by Crippen LogP contribution is -1.63. The monoisotopic (exact) mass is 110 g/mol. The molecule has 0 aliphatic rings. The van der Waals surface area contributed by atoms with E-state index in [1.54, 1.807) is 0 Å². The molecule has 0 radical (unpaired) electrons. The van der Waals surface area contributed by atoms with Crippen molar-refractivity contribution in [2.45, 2.75) is 0 Å². The van der Waals surface area contributed by atoms with Crippen LogP contribution in [0.15, 0.2) is 0 Å². The molecule has 2 nitrogen and oxygen atoms in total. The van der Waals surface area contributed by atoms with Crippen LogP contribution < -0.4 is 0 Å². The first-order valence-electron chi connectivity index (χ1n) is 0.802. The van der Waals surface area contributed by atoms with E-state index in [4.69, 9.17) is 28.7 Å². The van der Waals surface area contributed by atoms with E-state index in [2.05, 4.69) is 4.79 Å². The summed E-state index contributed by atoms with van der Waals surface area (Å²) >= 11 is 9.46. The standard InChI is InChI=1S/CCl2N2/c2-1(3)5-4. The largest absolute Gasteiger partial charge is 0.454 e. The summed E-state index contributed by atoms with van der Waals surface area (Å²) in [5.74, 6) is 0. The predicted octanol–water partition coefficient (Wildman–Crippen LogP) is 1.05. The van der Waals surface area contributed by atoms with Gasteiger partial charge < -0.3 is 5.53 Å². The molecule has 0 amide bonds. The second-order valence-corrected chi connectivity index (χ2v) is 1.25. The van der Waals surface area contributed by atoms with Crippen LogP contribution in [0.2, 0.25) is 0 Å². The normalized spacial score (nSPS) is 6.00. The van der Waals surface area contributed by atoms with Crippen molar-refractivity contribution in [2.24, 2.45) is 0 Å². The Balaban J connectivity index is 3.60. The number of halogens is 2. The first kappa shape index (κ1) is 4.96. The van der Waals surface area contributed by atoms with Gasteiger partial charge >= 0.3 is 4.63 Å². The van der Waals surface area contributed by atoms with E-state index >= 15 is 0 Å². The van der Waals surface area contributed by atoms with E-state index in [0.29, 0.717) is 0 Å². The van der Waals surface area contributed by atoms with Gasteiger partial charge in [0.2, 0.25) is 0 Å². The molecule has 5 heavy (non-hydrogen) atoms. The highest BCUT2D eigenvalue weighted by Crippen LogP contribution is 1.80. The molecule has 0 fully saturated rings. The molecular formula is CCl2N2. The van der Waals surface area contributed by atoms with Gasteiger partial charge in [-0.05, 0) is 0 Å². The molecule has 0 spiro atoms. The Morgan fingerprint density at radius 1 is 1.60 bits per heavy atom. The molecule has 0 rings (SSSR count). The summed E-state index contributed by atoms with van der Waals surface area (Å²) in [5.41, 5.74) is 7.47. The van der Waals surface area contributed by atoms with Gasteiger partial charge in [-0.2, -0.15) is 0 Å². The van der Waals surface area contributed by atoms with E-state index in [1.807, 2.05) is 0 Å². The van der Waals surface area contributed by atoms with Gasteiger partial charge in [0, 0.05) is 23.2 Å². The molecule has 0 saturated carbocycles. The van der Waals surface area contributed by atoms with Crippen LogP contribution in [0.4, 0.5) is 0 Å². The molecule has 0 aromatic carbocycles. The van der Waals surface area contributed by atoms with Crippen molar-refractivity contribution >= 4 is 27.8 Å². The Morgan fingerprint density at radius 2 is 1.80 bits per heavy atom. The highest BCUT2D eigenvalue weighted by Gasteiger charge is 1.84. The van der Waals surface area contributed by atoms with Crippen LogP contribution in [0.3, 0.4) is 0 Å². The molecular weight excluding hydrogens is 111 g/mol. The lowest BCUT2D eigenvalue weighted by Gasteiger charge is -1.46. The van der Waals surface area contributed by atoms with Crippen LogP contribution in [-0.2, 0) is 0 Å². The van der Waals surface area contributed by atoms with Gasteiger partial charge in [-0.3, -0.25) is 0 Å². The molecule has 0 N–H and O–H groups in total. The molecule has 0 aliphatic carbocycles. The first-order valence-corrected chi connectivity index (χ1v) is 1.56. The van der Waals surface area contributed by atoms with Crippen molar-refractivity contribution in [3.05, 3.63) is 5.53 Å². The molecule has 0 aliphatic heterocycles. The van der Waals surface area contributed by atoms with Crippen molar-refractivity contribution in [1.82, 2.24) is 0 Å². The Morgan fingerprint density at radius 3 is 1.80 bits per heavy atom. The summed E-state index contributed by atoms with van der Waals surface area (Å²) in [6, 6.07) is 0. The van der Waals surface area contributed by atoms with Gasteiger partial charge in [0.25, 0.3) is 0 Å². The van der Waals surface area contributed by atoms with E-state index in [9.17, 15) is 0 Å². The molecule has 28 valence electrons. The fourth-order valence-electron chi connectivity index (χ4n) is 0. The fraction of sp³-hybridized carbons (Fsp3) is 0. The maximum atomic E-state index is 7.47. The zero-order chi connectivity index (χ0) is 4.28. The van der Waals surface area contributed by atoms with E-state index in [1.165, 1.54) is 0 Å². The SMILES string of the molecule is [N-]=[N+]=C(Cl)Cl. The minimum atomic E-state index is -0.370. The van der Waals surface area contributed by atoms with E-state index < -0.39 is 0 Å². The Kier molecular flexibility index (Phi) is 2.19. The van der Waals surface area contributed by atoms with Crippen LogP contribution in [0.25, 0.3) is 5.53 Å². The van der Waals surface area contributed by atoms with Crippen LogP contribution in [0.5, 0.6) is 0 Å². The summed E-state index contributed by atoms with van der Waals surface area (Å²) in [6.07, 6.45) is 0. The molecule has 0 bridgehead atoms. The van der Waals surface area contributed by atoms with Crippen LogP contribution in [-0.4, -0.2) is 9.42 Å². The topological polar surface area (TPSA) is 36.4 Å². The maximum Gasteiger partial charge on any atom is 0.454 e. The molecule has 0 atom stereocenters. The van der Waals surface area contributed by atoms with Crippen molar-refractivity contribution < 1.29 is 4.79 Å². The summed E-state index contributed by atoms with van der Waals surface area (Å²) in [7, 11) is 0. The summed E-state index contributed by atoms with van der Waals surface area (Å²) in [6.45, 7) is 0. The van der Waals surface area contributed by atoms with Crippen molar-refractivity contribution in [3.63, 3.8) is 0 Å². The van der Waals surface area contributed by atoms with Crippen molar-refractivity contribution in [3.8, 4) is 0 Å². The number of hydrogen-bond acceptors (Lipinski definition) is 0. The Labute approximate surface area is 38.9 Å². The van der Waals surface area contributed by atoms with E-state index in [0.717, 1.165) is 0 Å². The van der Waals surface area contributed by atoms with Gasteiger partial charge in [0.05, 0.1) is 0 Å². The maximum absolute atomic E-state index is 7.47. The first-order chi connectivity index (χ1) is 2.27. The fourth-order valence-corrected chi connectivity index (χ4v) is 0. The number of rotatable bonds is 0. The second-order valence-electron chi connectivity index (χ2n) is 0.340. The predicted molar refractivity (Wildman–Crippen MR) is 20.3 cm³/mol. The highest BCUT2D eigenvalue weighted by atomic mass is 35.5. The number of hydrogen-bond donors (Lipinski definition) is 0. The molecule has 0 unspecified atom stereocenters. The van der Waals surface area contributed by atoms with Crippen LogP contribution in [0, 0.1) is 0 Å². The minimum Gasteiger partial charge on any atom is -0.358 e. The van der Waals surface area contributed by atoms with Gasteiger partial charge in [-0.15, -0.1) is 4.79 Å². The second kappa shape index (κ2) is 2.21. The Bertz CT molecular complexity index is 67.7. The van der Waals surface area contributed by atoms with E-state index in [-0.39, 0.29) is 4.63 Å². The summed E-state index contributed by atoms with van der Waals surface area (Å²) in [4.78, 5) is 2.34. The third kappa shape index (κ3) is 3.96. The summed E-state index contributed by atoms with van der Waals surface area (Å²) < 4.78 is -0.370. The minimum absolute atomic E-state index is 0.370. The van der Waals surface area contributed by atoms with Gasteiger partial charge in [-0.25, -0.2) is 0 Å². The van der Waals surface area contributed by atoms with Gasteiger partial charge in [0.15, 0.2) is 0 Å². The number of nitrogens with zero attached hydrogens (tertiary/aromatic N) is 2. The highest BCUT2D eigenvalue weighted by molar-refractivity contribution is 6.93. The Hall–Kier alpha value is -0.0400. The molecule has 0 aromatic heterocycles. The zero-order valence-corrected chi connectivity index (χ0v) is 3.66. The molecule has 0 aromatic rings. The molecule has 4 heteroatoms. The lowest BCUT2D eigenvalue weighted by molar-refractivity contribution is 0.00423. The average molecular weight is 111 g/mol. The quantitative estimate of drug-likeness (QED) is 0.254. The zero-order valence-electron chi connectivity index (χ0n) is 2.15.